The summed E-state index contributed by atoms with van der Waals surface area (Å²) in [5.41, 5.74) is 4.00. The van der Waals surface area contributed by atoms with Crippen LogP contribution in [0.5, 0.6) is 0 Å². The standard InChI is InChI=1S/C15H12N2O2/c1-9-3-2-4-12-14(9)11(8-17-12)13-7-10(15(18)19)5-6-16-13/h2-8,17H,1H3,(H,18,19). The Morgan fingerprint density at radius 1 is 1.32 bits per heavy atom. The van der Waals surface area contributed by atoms with Gasteiger partial charge in [0.25, 0.3) is 0 Å². The highest BCUT2D eigenvalue weighted by molar-refractivity contribution is 5.98. The third-order valence-corrected chi connectivity index (χ3v) is 3.20. The quantitative estimate of drug-likeness (QED) is 0.735. The number of nitrogens with one attached hydrogen (secondary N) is 1. The van der Waals surface area contributed by atoms with Crippen LogP contribution >= 0.6 is 0 Å². The fourth-order valence-corrected chi connectivity index (χ4v) is 2.28. The number of nitrogens with zero attached hydrogens (tertiary/aromatic N) is 1. The molecule has 0 spiro atoms. The van der Waals surface area contributed by atoms with Crippen molar-refractivity contribution in [2.75, 3.05) is 0 Å². The first-order chi connectivity index (χ1) is 9.16. The van der Waals surface area contributed by atoms with E-state index in [-0.39, 0.29) is 5.56 Å². The molecule has 2 heterocycles. The first-order valence-electron chi connectivity index (χ1n) is 5.93. The van der Waals surface area contributed by atoms with Gasteiger partial charge in [-0.3, -0.25) is 4.98 Å². The van der Waals surface area contributed by atoms with Crippen LogP contribution in [0.3, 0.4) is 0 Å². The van der Waals surface area contributed by atoms with Gasteiger partial charge in [0.2, 0.25) is 0 Å². The van der Waals surface area contributed by atoms with Crippen LogP contribution in [0.15, 0.2) is 42.7 Å². The number of carboxylic acids is 1. The molecule has 0 saturated heterocycles. The molecule has 4 heteroatoms. The Hall–Kier alpha value is -2.62. The Kier molecular flexibility index (Phi) is 2.56. The number of aryl methyl sites for hydroxylation is 1. The van der Waals surface area contributed by atoms with Crippen molar-refractivity contribution >= 4 is 16.9 Å². The molecule has 3 aromatic rings. The van der Waals surface area contributed by atoms with Crippen LogP contribution in [-0.2, 0) is 0 Å². The zero-order valence-corrected chi connectivity index (χ0v) is 10.3. The highest BCUT2D eigenvalue weighted by Gasteiger charge is 2.11. The predicted octanol–water partition coefficient (Wildman–Crippen LogP) is 3.24. The number of pyridine rings is 1. The van der Waals surface area contributed by atoms with Crippen LogP contribution in [0.1, 0.15) is 15.9 Å². The summed E-state index contributed by atoms with van der Waals surface area (Å²) in [6, 6.07) is 9.09. The number of hydrogen-bond acceptors (Lipinski definition) is 2. The van der Waals surface area contributed by atoms with E-state index in [9.17, 15) is 4.79 Å². The summed E-state index contributed by atoms with van der Waals surface area (Å²) in [5, 5.41) is 10.1. The molecule has 4 nitrogen and oxygen atoms in total. The van der Waals surface area contributed by atoms with E-state index in [1.54, 1.807) is 6.07 Å². The van der Waals surface area contributed by atoms with Crippen molar-refractivity contribution in [1.82, 2.24) is 9.97 Å². The molecule has 2 N–H and O–H groups in total. The summed E-state index contributed by atoms with van der Waals surface area (Å²) in [4.78, 5) is 18.5. The van der Waals surface area contributed by atoms with E-state index >= 15 is 0 Å². The Morgan fingerprint density at radius 3 is 2.95 bits per heavy atom. The molecule has 2 aromatic heterocycles. The van der Waals surface area contributed by atoms with Gasteiger partial charge in [-0.1, -0.05) is 12.1 Å². The molecule has 3 rings (SSSR count). The Bertz CT molecular complexity index is 775. The largest absolute Gasteiger partial charge is 0.478 e. The second kappa shape index (κ2) is 4.24. The number of benzene rings is 1. The van der Waals surface area contributed by atoms with Crippen molar-refractivity contribution in [2.45, 2.75) is 6.92 Å². The van der Waals surface area contributed by atoms with Gasteiger partial charge in [0.05, 0.1) is 11.3 Å². The van der Waals surface area contributed by atoms with Crippen LogP contribution in [0.25, 0.3) is 22.2 Å². The van der Waals surface area contributed by atoms with Gasteiger partial charge in [0.15, 0.2) is 0 Å². The highest BCUT2D eigenvalue weighted by atomic mass is 16.4. The van der Waals surface area contributed by atoms with Gasteiger partial charge >= 0.3 is 5.97 Å². The second-order valence-corrected chi connectivity index (χ2v) is 4.43. The second-order valence-electron chi connectivity index (χ2n) is 4.43. The van der Waals surface area contributed by atoms with E-state index in [1.807, 2.05) is 31.3 Å². The Morgan fingerprint density at radius 2 is 2.16 bits per heavy atom. The summed E-state index contributed by atoms with van der Waals surface area (Å²) < 4.78 is 0. The lowest BCUT2D eigenvalue weighted by atomic mass is 10.0. The number of hydrogen-bond donors (Lipinski definition) is 2. The average molecular weight is 252 g/mol. The molecule has 0 unspecified atom stereocenters. The van der Waals surface area contributed by atoms with Gasteiger partial charge in [-0.2, -0.15) is 0 Å². The van der Waals surface area contributed by atoms with E-state index < -0.39 is 5.97 Å². The van der Waals surface area contributed by atoms with E-state index in [2.05, 4.69) is 9.97 Å². The van der Waals surface area contributed by atoms with Crippen LogP contribution in [0.2, 0.25) is 0 Å². The maximum atomic E-state index is 11.0. The molecule has 0 aliphatic heterocycles. The lowest BCUT2D eigenvalue weighted by molar-refractivity contribution is 0.0697. The number of aromatic nitrogens is 2. The fourth-order valence-electron chi connectivity index (χ4n) is 2.28. The number of fused-ring (bicyclic) bond motifs is 1. The molecule has 0 amide bonds. The molecule has 94 valence electrons. The summed E-state index contributed by atoms with van der Waals surface area (Å²) >= 11 is 0. The zero-order valence-electron chi connectivity index (χ0n) is 10.3. The number of aromatic carboxylic acids is 1. The zero-order chi connectivity index (χ0) is 13.4. The normalized spacial score (nSPS) is 10.8. The molecular formula is C15H12N2O2. The van der Waals surface area contributed by atoms with Gasteiger partial charge in [-0.05, 0) is 30.7 Å². The predicted molar refractivity (Wildman–Crippen MR) is 73.2 cm³/mol. The van der Waals surface area contributed by atoms with Crippen molar-refractivity contribution in [1.29, 1.82) is 0 Å². The van der Waals surface area contributed by atoms with E-state index in [0.717, 1.165) is 22.0 Å². The minimum atomic E-state index is -0.944. The van der Waals surface area contributed by atoms with Crippen molar-refractivity contribution in [2.24, 2.45) is 0 Å². The van der Waals surface area contributed by atoms with Crippen molar-refractivity contribution in [3.8, 4) is 11.3 Å². The summed E-state index contributed by atoms with van der Waals surface area (Å²) in [7, 11) is 0. The molecule has 0 atom stereocenters. The smallest absolute Gasteiger partial charge is 0.335 e. The van der Waals surface area contributed by atoms with Crippen LogP contribution in [0, 0.1) is 6.92 Å². The number of carboxylic acid groups (broad SMARTS) is 1. The third-order valence-electron chi connectivity index (χ3n) is 3.20. The molecule has 0 aliphatic rings. The van der Waals surface area contributed by atoms with Crippen molar-refractivity contribution < 1.29 is 9.90 Å². The molecule has 0 fully saturated rings. The maximum Gasteiger partial charge on any atom is 0.335 e. The minimum Gasteiger partial charge on any atom is -0.478 e. The third kappa shape index (κ3) is 1.87. The Labute approximate surface area is 109 Å². The van der Waals surface area contributed by atoms with Crippen LogP contribution in [0.4, 0.5) is 0 Å². The number of carbonyl (C=O) groups is 1. The number of rotatable bonds is 2. The van der Waals surface area contributed by atoms with Crippen molar-refractivity contribution in [3.63, 3.8) is 0 Å². The van der Waals surface area contributed by atoms with Crippen molar-refractivity contribution in [3.05, 3.63) is 53.9 Å². The van der Waals surface area contributed by atoms with Gasteiger partial charge in [-0.25, -0.2) is 4.79 Å². The molecule has 1 aromatic carbocycles. The first-order valence-corrected chi connectivity index (χ1v) is 5.93. The van der Waals surface area contributed by atoms with Gasteiger partial charge in [0, 0.05) is 28.9 Å². The van der Waals surface area contributed by atoms with Crippen LogP contribution in [-0.4, -0.2) is 21.0 Å². The highest BCUT2D eigenvalue weighted by Crippen LogP contribution is 2.29. The average Bonchev–Trinajstić information content (AvgIpc) is 2.84. The lowest BCUT2D eigenvalue weighted by Crippen LogP contribution is -1.97. The molecule has 0 aliphatic carbocycles. The lowest BCUT2D eigenvalue weighted by Gasteiger charge is -2.02. The topological polar surface area (TPSA) is 66.0 Å². The SMILES string of the molecule is Cc1cccc2[nH]cc(-c3cc(C(=O)O)ccn3)c12. The minimum absolute atomic E-state index is 0.243. The maximum absolute atomic E-state index is 11.0. The van der Waals surface area contributed by atoms with E-state index in [1.165, 1.54) is 12.3 Å². The first kappa shape index (κ1) is 11.5. The van der Waals surface area contributed by atoms with Gasteiger partial charge in [-0.15, -0.1) is 0 Å². The summed E-state index contributed by atoms with van der Waals surface area (Å²) in [6.07, 6.45) is 3.39. The fraction of sp³-hybridized carbons (Fsp3) is 0.0667. The number of aromatic amines is 1. The Balaban J connectivity index is 2.25. The molecule has 0 saturated carbocycles. The van der Waals surface area contributed by atoms with Gasteiger partial charge in [0.1, 0.15) is 0 Å². The van der Waals surface area contributed by atoms with Gasteiger partial charge < -0.3 is 10.1 Å². The monoisotopic (exact) mass is 252 g/mol. The van der Waals surface area contributed by atoms with Crippen LogP contribution < -0.4 is 0 Å². The molecule has 0 radical (unpaired) electrons. The summed E-state index contributed by atoms with van der Waals surface area (Å²) in [5.74, 6) is -0.944. The molecular weight excluding hydrogens is 240 g/mol. The molecule has 19 heavy (non-hydrogen) atoms. The van der Waals surface area contributed by atoms with E-state index in [4.69, 9.17) is 5.11 Å². The molecule has 0 bridgehead atoms. The summed E-state index contributed by atoms with van der Waals surface area (Å²) in [6.45, 7) is 2.03. The number of H-pyrrole nitrogens is 1. The van der Waals surface area contributed by atoms with E-state index in [0.29, 0.717) is 5.69 Å².